The SMILES string of the molecule is CCNc1nc(SCc2cccc(C)c2)c2cn[nH]c2n1. The van der Waals surface area contributed by atoms with Gasteiger partial charge >= 0.3 is 0 Å². The molecule has 1 aromatic carbocycles. The maximum Gasteiger partial charge on any atom is 0.225 e. The zero-order valence-electron chi connectivity index (χ0n) is 12.1. The van der Waals surface area contributed by atoms with Crippen molar-refractivity contribution in [2.24, 2.45) is 0 Å². The molecule has 6 heteroatoms. The van der Waals surface area contributed by atoms with Gasteiger partial charge in [-0.2, -0.15) is 10.1 Å². The first-order chi connectivity index (χ1) is 10.3. The van der Waals surface area contributed by atoms with Crippen LogP contribution in [0.2, 0.25) is 0 Å². The van der Waals surface area contributed by atoms with E-state index in [0.29, 0.717) is 5.95 Å². The summed E-state index contributed by atoms with van der Waals surface area (Å²) in [5.74, 6) is 1.52. The second kappa shape index (κ2) is 6.13. The first kappa shape index (κ1) is 13.9. The average molecular weight is 299 g/mol. The largest absolute Gasteiger partial charge is 0.354 e. The third kappa shape index (κ3) is 3.16. The fraction of sp³-hybridized carbons (Fsp3) is 0.267. The molecular formula is C15H17N5S. The lowest BCUT2D eigenvalue weighted by Crippen LogP contribution is -2.03. The highest BCUT2D eigenvalue weighted by atomic mass is 32.2. The predicted octanol–water partition coefficient (Wildman–Crippen LogP) is 3.39. The van der Waals surface area contributed by atoms with Gasteiger partial charge in [0, 0.05) is 12.3 Å². The summed E-state index contributed by atoms with van der Waals surface area (Å²) in [6, 6.07) is 8.53. The van der Waals surface area contributed by atoms with E-state index in [-0.39, 0.29) is 0 Å². The van der Waals surface area contributed by atoms with E-state index in [1.807, 2.05) is 6.92 Å². The second-order valence-corrected chi connectivity index (χ2v) is 5.76. The molecule has 0 aliphatic carbocycles. The van der Waals surface area contributed by atoms with Crippen molar-refractivity contribution < 1.29 is 0 Å². The standard InChI is InChI=1S/C15H17N5S/c1-3-16-15-18-13-12(8-17-20-13)14(19-15)21-9-11-6-4-5-10(2)7-11/h4-8H,3,9H2,1-2H3,(H2,16,17,18,19,20). The molecule has 3 aromatic rings. The Bertz CT molecular complexity index is 753. The van der Waals surface area contributed by atoms with Crippen LogP contribution in [0.15, 0.2) is 35.5 Å². The summed E-state index contributed by atoms with van der Waals surface area (Å²) >= 11 is 1.71. The van der Waals surface area contributed by atoms with Crippen LogP contribution in [-0.4, -0.2) is 26.7 Å². The van der Waals surface area contributed by atoms with Crippen LogP contribution in [0.4, 0.5) is 5.95 Å². The van der Waals surface area contributed by atoms with Crippen molar-refractivity contribution in [3.8, 4) is 0 Å². The Morgan fingerprint density at radius 3 is 3.00 bits per heavy atom. The number of hydrogen-bond acceptors (Lipinski definition) is 5. The Morgan fingerprint density at radius 2 is 2.19 bits per heavy atom. The lowest BCUT2D eigenvalue weighted by atomic mass is 10.2. The molecule has 0 aliphatic heterocycles. The molecule has 0 amide bonds. The highest BCUT2D eigenvalue weighted by molar-refractivity contribution is 7.98. The number of anilines is 1. The van der Waals surface area contributed by atoms with E-state index in [9.17, 15) is 0 Å². The number of aromatic nitrogens is 4. The van der Waals surface area contributed by atoms with Gasteiger partial charge in [-0.1, -0.05) is 29.8 Å². The summed E-state index contributed by atoms with van der Waals surface area (Å²) in [4.78, 5) is 8.98. The Labute approximate surface area is 127 Å². The molecule has 0 spiro atoms. The summed E-state index contributed by atoms with van der Waals surface area (Å²) in [6.45, 7) is 4.93. The second-order valence-electron chi connectivity index (χ2n) is 4.79. The highest BCUT2D eigenvalue weighted by Gasteiger charge is 2.10. The number of rotatable bonds is 5. The minimum atomic E-state index is 0.640. The summed E-state index contributed by atoms with van der Waals surface area (Å²) < 4.78 is 0. The molecule has 0 aliphatic rings. The normalized spacial score (nSPS) is 11.0. The number of aryl methyl sites for hydroxylation is 1. The zero-order chi connectivity index (χ0) is 14.7. The quantitative estimate of drug-likeness (QED) is 0.558. The molecule has 0 fully saturated rings. The van der Waals surface area contributed by atoms with E-state index < -0.39 is 0 Å². The number of hydrogen-bond donors (Lipinski definition) is 2. The summed E-state index contributed by atoms with van der Waals surface area (Å²) in [6.07, 6.45) is 1.78. The minimum Gasteiger partial charge on any atom is -0.354 e. The molecular weight excluding hydrogens is 282 g/mol. The average Bonchev–Trinajstić information content (AvgIpc) is 2.93. The van der Waals surface area contributed by atoms with Gasteiger partial charge in [-0.25, -0.2) is 4.98 Å². The lowest BCUT2D eigenvalue weighted by Gasteiger charge is -2.06. The molecule has 108 valence electrons. The van der Waals surface area contributed by atoms with Gasteiger partial charge in [0.1, 0.15) is 5.03 Å². The van der Waals surface area contributed by atoms with Crippen molar-refractivity contribution in [2.75, 3.05) is 11.9 Å². The smallest absolute Gasteiger partial charge is 0.225 e. The molecule has 2 heterocycles. The molecule has 0 bridgehead atoms. The van der Waals surface area contributed by atoms with Crippen LogP contribution in [0.25, 0.3) is 11.0 Å². The minimum absolute atomic E-state index is 0.640. The number of fused-ring (bicyclic) bond motifs is 1. The van der Waals surface area contributed by atoms with Gasteiger partial charge in [0.05, 0.1) is 11.6 Å². The fourth-order valence-corrected chi connectivity index (χ4v) is 3.05. The van der Waals surface area contributed by atoms with Gasteiger partial charge < -0.3 is 5.32 Å². The van der Waals surface area contributed by atoms with Crippen molar-refractivity contribution in [1.29, 1.82) is 0 Å². The first-order valence-corrected chi connectivity index (χ1v) is 7.88. The Balaban J connectivity index is 1.86. The van der Waals surface area contributed by atoms with Crippen LogP contribution in [0.3, 0.4) is 0 Å². The number of nitrogens with one attached hydrogen (secondary N) is 2. The Kier molecular flexibility index (Phi) is 4.06. The van der Waals surface area contributed by atoms with Crippen LogP contribution in [0.1, 0.15) is 18.1 Å². The van der Waals surface area contributed by atoms with E-state index in [2.05, 4.69) is 56.7 Å². The van der Waals surface area contributed by atoms with Crippen LogP contribution in [-0.2, 0) is 5.75 Å². The molecule has 0 saturated carbocycles. The molecule has 0 atom stereocenters. The lowest BCUT2D eigenvalue weighted by molar-refractivity contribution is 1.04. The van der Waals surface area contributed by atoms with E-state index in [1.54, 1.807) is 18.0 Å². The zero-order valence-corrected chi connectivity index (χ0v) is 12.9. The maximum absolute atomic E-state index is 4.58. The van der Waals surface area contributed by atoms with Crippen molar-refractivity contribution in [3.05, 3.63) is 41.6 Å². The molecule has 0 unspecified atom stereocenters. The summed E-state index contributed by atoms with van der Waals surface area (Å²) in [5, 5.41) is 12.0. The van der Waals surface area contributed by atoms with Crippen LogP contribution >= 0.6 is 11.8 Å². The van der Waals surface area contributed by atoms with Crippen molar-refractivity contribution in [1.82, 2.24) is 20.2 Å². The molecule has 2 N–H and O–H groups in total. The van der Waals surface area contributed by atoms with Gasteiger partial charge in [-0.3, -0.25) is 5.10 Å². The monoisotopic (exact) mass is 299 g/mol. The van der Waals surface area contributed by atoms with Crippen LogP contribution in [0, 0.1) is 6.92 Å². The van der Waals surface area contributed by atoms with E-state index >= 15 is 0 Å². The number of aromatic amines is 1. The maximum atomic E-state index is 4.58. The topological polar surface area (TPSA) is 66.5 Å². The van der Waals surface area contributed by atoms with Gasteiger partial charge in [0.15, 0.2) is 5.65 Å². The number of nitrogens with zero attached hydrogens (tertiary/aromatic N) is 3. The molecule has 0 radical (unpaired) electrons. The van der Waals surface area contributed by atoms with Crippen LogP contribution < -0.4 is 5.32 Å². The molecule has 21 heavy (non-hydrogen) atoms. The van der Waals surface area contributed by atoms with Crippen molar-refractivity contribution in [3.63, 3.8) is 0 Å². The van der Waals surface area contributed by atoms with Crippen molar-refractivity contribution >= 4 is 28.7 Å². The molecule has 5 nitrogen and oxygen atoms in total. The first-order valence-electron chi connectivity index (χ1n) is 6.89. The van der Waals surface area contributed by atoms with Gasteiger partial charge in [-0.05, 0) is 19.4 Å². The molecule has 2 aromatic heterocycles. The van der Waals surface area contributed by atoms with Gasteiger partial charge in [0.2, 0.25) is 5.95 Å². The molecule has 3 rings (SSSR count). The van der Waals surface area contributed by atoms with E-state index in [0.717, 1.165) is 28.4 Å². The van der Waals surface area contributed by atoms with E-state index in [1.165, 1.54) is 11.1 Å². The summed E-state index contributed by atoms with van der Waals surface area (Å²) in [7, 11) is 0. The van der Waals surface area contributed by atoms with E-state index in [4.69, 9.17) is 0 Å². The van der Waals surface area contributed by atoms with Crippen LogP contribution in [0.5, 0.6) is 0 Å². The summed E-state index contributed by atoms with van der Waals surface area (Å²) in [5.41, 5.74) is 3.34. The Hall–Kier alpha value is -2.08. The third-order valence-electron chi connectivity index (χ3n) is 3.07. The van der Waals surface area contributed by atoms with Gasteiger partial charge in [0.25, 0.3) is 0 Å². The number of thioether (sulfide) groups is 1. The molecule has 0 saturated heterocycles. The third-order valence-corrected chi connectivity index (χ3v) is 4.13. The Morgan fingerprint density at radius 1 is 1.29 bits per heavy atom. The van der Waals surface area contributed by atoms with Gasteiger partial charge in [-0.15, -0.1) is 11.8 Å². The van der Waals surface area contributed by atoms with Crippen molar-refractivity contribution in [2.45, 2.75) is 24.6 Å². The predicted molar refractivity (Wildman–Crippen MR) is 86.6 cm³/mol. The highest BCUT2D eigenvalue weighted by Crippen LogP contribution is 2.28. The fourth-order valence-electron chi connectivity index (χ4n) is 2.11. The number of benzene rings is 1. The number of H-pyrrole nitrogens is 1.